The van der Waals surface area contributed by atoms with Crippen molar-refractivity contribution in [2.75, 3.05) is 6.61 Å². The minimum Gasteiger partial charge on any atom is -0.396 e. The number of aliphatic hydroxyl groups excluding tert-OH is 1. The number of hydrogen-bond donors (Lipinski definition) is 1. The molecule has 6 saturated carbocycles. The van der Waals surface area contributed by atoms with Crippen molar-refractivity contribution in [3.05, 3.63) is 0 Å². The average molecular weight is 288 g/mol. The molecular formula is C20H32O. The first kappa shape index (κ1) is 13.4. The summed E-state index contributed by atoms with van der Waals surface area (Å²) in [4.78, 5) is 0. The molecule has 1 heteroatoms. The normalized spacial score (nSPS) is 62.9. The third kappa shape index (κ3) is 1.32. The van der Waals surface area contributed by atoms with Crippen LogP contribution in [0.25, 0.3) is 0 Å². The molecule has 0 amide bonds. The van der Waals surface area contributed by atoms with Crippen molar-refractivity contribution >= 4 is 0 Å². The minimum atomic E-state index is 0.407. The van der Waals surface area contributed by atoms with Gasteiger partial charge >= 0.3 is 0 Å². The standard InChI is InChI=1S/C20H32O/c1-17(2)6-4-7-18(3)15(17)5-8-19-10-14-13(9-16(18)19)20(14,11-19)12-21/h13-16,21H,4-12H2,1-3H3/t13-,14-,15-,16+,18-,19+,20-/m1/s1. The number of hydrogen-bond acceptors (Lipinski definition) is 1. The van der Waals surface area contributed by atoms with E-state index < -0.39 is 0 Å². The summed E-state index contributed by atoms with van der Waals surface area (Å²) in [7, 11) is 0. The second kappa shape index (κ2) is 3.55. The largest absolute Gasteiger partial charge is 0.396 e. The topological polar surface area (TPSA) is 20.2 Å². The van der Waals surface area contributed by atoms with Crippen LogP contribution in [0.15, 0.2) is 0 Å². The Morgan fingerprint density at radius 2 is 1.81 bits per heavy atom. The van der Waals surface area contributed by atoms with Gasteiger partial charge in [0.15, 0.2) is 0 Å². The molecule has 0 aromatic carbocycles. The summed E-state index contributed by atoms with van der Waals surface area (Å²) in [5.41, 5.74) is 2.21. The van der Waals surface area contributed by atoms with Crippen LogP contribution in [0.1, 0.15) is 72.1 Å². The smallest absolute Gasteiger partial charge is 0.0493 e. The van der Waals surface area contributed by atoms with E-state index in [-0.39, 0.29) is 0 Å². The SMILES string of the molecule is CC1(C)CCC[C@]2(C)[C@@H]1CC[C@@]13C[C@@H]4[C@@H](C[C@H]12)[C@]4(CO)C3. The van der Waals surface area contributed by atoms with Crippen molar-refractivity contribution in [1.82, 2.24) is 0 Å². The van der Waals surface area contributed by atoms with Crippen LogP contribution in [0.2, 0.25) is 0 Å². The summed E-state index contributed by atoms with van der Waals surface area (Å²) in [5.74, 6) is 3.74. The summed E-state index contributed by atoms with van der Waals surface area (Å²) < 4.78 is 0. The lowest BCUT2D eigenvalue weighted by Gasteiger charge is -2.65. The van der Waals surface area contributed by atoms with Gasteiger partial charge < -0.3 is 5.11 Å². The van der Waals surface area contributed by atoms with Crippen molar-refractivity contribution in [3.8, 4) is 0 Å². The third-order valence-electron chi connectivity index (χ3n) is 9.69. The molecule has 0 saturated heterocycles. The molecule has 0 aromatic heterocycles. The Bertz CT molecular complexity index is 496. The lowest BCUT2D eigenvalue weighted by molar-refractivity contribution is -0.162. The van der Waals surface area contributed by atoms with Crippen LogP contribution in [0, 0.1) is 45.3 Å². The van der Waals surface area contributed by atoms with E-state index in [1.165, 1.54) is 51.4 Å². The second-order valence-corrected chi connectivity index (χ2v) is 10.6. The van der Waals surface area contributed by atoms with E-state index in [4.69, 9.17) is 0 Å². The Hall–Kier alpha value is -0.0400. The van der Waals surface area contributed by atoms with Crippen LogP contribution in [0.4, 0.5) is 0 Å². The van der Waals surface area contributed by atoms with Crippen molar-refractivity contribution in [2.45, 2.75) is 72.1 Å². The summed E-state index contributed by atoms with van der Waals surface area (Å²) in [6, 6.07) is 0. The zero-order valence-corrected chi connectivity index (χ0v) is 14.1. The molecule has 1 N–H and O–H groups in total. The maximum Gasteiger partial charge on any atom is 0.0493 e. The Morgan fingerprint density at radius 3 is 2.52 bits per heavy atom. The van der Waals surface area contributed by atoms with Crippen LogP contribution < -0.4 is 0 Å². The molecule has 6 aliphatic carbocycles. The lowest BCUT2D eigenvalue weighted by atomic mass is 9.40. The Kier molecular flexibility index (Phi) is 2.27. The molecule has 0 aromatic rings. The molecule has 0 radical (unpaired) electrons. The fourth-order valence-electron chi connectivity index (χ4n) is 8.97. The highest BCUT2D eigenvalue weighted by Gasteiger charge is 2.79. The van der Waals surface area contributed by atoms with Gasteiger partial charge in [0.2, 0.25) is 0 Å². The van der Waals surface area contributed by atoms with Crippen LogP contribution >= 0.6 is 0 Å². The van der Waals surface area contributed by atoms with Gasteiger partial charge in [-0.15, -0.1) is 0 Å². The molecular weight excluding hydrogens is 256 g/mol. The molecule has 6 fully saturated rings. The Morgan fingerprint density at radius 1 is 1.00 bits per heavy atom. The Balaban J connectivity index is 1.54. The summed E-state index contributed by atoms with van der Waals surface area (Å²) in [6.45, 7) is 8.26. The fourth-order valence-corrected chi connectivity index (χ4v) is 8.97. The third-order valence-corrected chi connectivity index (χ3v) is 9.69. The fraction of sp³-hybridized carbons (Fsp3) is 1.00. The molecule has 0 heterocycles. The maximum absolute atomic E-state index is 9.96. The molecule has 1 nitrogen and oxygen atoms in total. The molecule has 6 aliphatic rings. The van der Waals surface area contributed by atoms with Crippen molar-refractivity contribution in [3.63, 3.8) is 0 Å². The monoisotopic (exact) mass is 288 g/mol. The van der Waals surface area contributed by atoms with Crippen LogP contribution in [0.5, 0.6) is 0 Å². The van der Waals surface area contributed by atoms with Crippen LogP contribution in [-0.2, 0) is 0 Å². The average Bonchev–Trinajstić information content (AvgIpc) is 2.93. The second-order valence-electron chi connectivity index (χ2n) is 10.6. The molecule has 21 heavy (non-hydrogen) atoms. The van der Waals surface area contributed by atoms with Gasteiger partial charge in [-0.25, -0.2) is 0 Å². The summed E-state index contributed by atoms with van der Waals surface area (Å²) >= 11 is 0. The van der Waals surface area contributed by atoms with E-state index in [0.717, 1.165) is 23.7 Å². The molecule has 118 valence electrons. The first-order valence-corrected chi connectivity index (χ1v) is 9.49. The predicted octanol–water partition coefficient (Wildman–Crippen LogP) is 4.64. The van der Waals surface area contributed by atoms with Gasteiger partial charge in [0.05, 0.1) is 0 Å². The van der Waals surface area contributed by atoms with E-state index in [1.54, 1.807) is 0 Å². The number of fused-ring (bicyclic) bond motifs is 1. The molecule has 6 rings (SSSR count). The molecule has 7 atom stereocenters. The van der Waals surface area contributed by atoms with E-state index >= 15 is 0 Å². The highest BCUT2D eigenvalue weighted by atomic mass is 16.3. The highest BCUT2D eigenvalue weighted by Crippen LogP contribution is 2.85. The van der Waals surface area contributed by atoms with E-state index in [0.29, 0.717) is 28.3 Å². The zero-order chi connectivity index (χ0) is 14.7. The van der Waals surface area contributed by atoms with Crippen LogP contribution in [-0.4, -0.2) is 11.7 Å². The van der Waals surface area contributed by atoms with Crippen molar-refractivity contribution in [1.29, 1.82) is 0 Å². The number of aliphatic hydroxyl groups is 1. The van der Waals surface area contributed by atoms with Gasteiger partial charge in [-0.3, -0.25) is 0 Å². The Labute approximate surface area is 129 Å². The quantitative estimate of drug-likeness (QED) is 0.745. The van der Waals surface area contributed by atoms with Gasteiger partial charge in [-0.1, -0.05) is 27.2 Å². The molecule has 0 aliphatic heterocycles. The zero-order valence-electron chi connectivity index (χ0n) is 14.1. The van der Waals surface area contributed by atoms with Gasteiger partial charge in [0.25, 0.3) is 0 Å². The van der Waals surface area contributed by atoms with Gasteiger partial charge in [-0.2, -0.15) is 0 Å². The van der Waals surface area contributed by atoms with Gasteiger partial charge in [-0.05, 0) is 84.9 Å². The molecule has 0 unspecified atom stereocenters. The van der Waals surface area contributed by atoms with E-state index in [1.807, 2.05) is 0 Å². The first-order chi connectivity index (χ1) is 9.88. The summed E-state index contributed by atoms with van der Waals surface area (Å²) in [5, 5.41) is 9.96. The predicted molar refractivity (Wildman–Crippen MR) is 84.7 cm³/mol. The van der Waals surface area contributed by atoms with Gasteiger partial charge in [0.1, 0.15) is 0 Å². The first-order valence-electron chi connectivity index (χ1n) is 9.49. The van der Waals surface area contributed by atoms with E-state index in [9.17, 15) is 5.11 Å². The van der Waals surface area contributed by atoms with Gasteiger partial charge in [0, 0.05) is 12.0 Å². The number of rotatable bonds is 1. The van der Waals surface area contributed by atoms with E-state index in [2.05, 4.69) is 20.8 Å². The highest BCUT2D eigenvalue weighted by molar-refractivity contribution is 5.28. The van der Waals surface area contributed by atoms with Crippen molar-refractivity contribution < 1.29 is 5.11 Å². The molecule has 4 bridgehead atoms. The lowest BCUT2D eigenvalue weighted by Crippen LogP contribution is -2.57. The minimum absolute atomic E-state index is 0.407. The maximum atomic E-state index is 9.96. The van der Waals surface area contributed by atoms with Crippen molar-refractivity contribution in [2.24, 2.45) is 45.3 Å². The molecule has 1 spiro atoms. The van der Waals surface area contributed by atoms with Crippen LogP contribution in [0.3, 0.4) is 0 Å². The summed E-state index contributed by atoms with van der Waals surface area (Å²) in [6.07, 6.45) is 11.7.